The van der Waals surface area contributed by atoms with E-state index in [1.807, 2.05) is 0 Å². The molecule has 0 aromatic heterocycles. The van der Waals surface area contributed by atoms with Crippen LogP contribution in [0.3, 0.4) is 0 Å². The van der Waals surface area contributed by atoms with Crippen molar-refractivity contribution in [2.24, 2.45) is 5.73 Å². The highest BCUT2D eigenvalue weighted by atomic mass is 32.2. The van der Waals surface area contributed by atoms with Crippen LogP contribution >= 0.6 is 11.8 Å². The van der Waals surface area contributed by atoms with Crippen molar-refractivity contribution >= 4 is 23.6 Å². The molecule has 1 aliphatic rings. The maximum Gasteiger partial charge on any atom is 0.346 e. The summed E-state index contributed by atoms with van der Waals surface area (Å²) in [7, 11) is 0. The number of nitrogens with two attached hydrogens (primary N) is 1. The highest BCUT2D eigenvalue weighted by Crippen LogP contribution is 2.40. The van der Waals surface area contributed by atoms with Gasteiger partial charge in [-0.1, -0.05) is 18.8 Å². The number of carboxylic acids is 1. The number of aliphatic hydroxyl groups excluding tert-OH is 4. The average Bonchev–Trinajstić information content (AvgIpc) is 2.78. The Morgan fingerprint density at radius 3 is 2.59 bits per heavy atom. The van der Waals surface area contributed by atoms with Gasteiger partial charge >= 0.3 is 5.97 Å². The van der Waals surface area contributed by atoms with Gasteiger partial charge in [0.15, 0.2) is 0 Å². The largest absolute Gasteiger partial charge is 0.478 e. The third-order valence-electron chi connectivity index (χ3n) is 5.05. The Hall–Kier alpha value is -1.43. The van der Waals surface area contributed by atoms with Crippen LogP contribution in [0.1, 0.15) is 32.1 Å². The normalized spacial score (nSPS) is 27.3. The number of unbranched alkanes of at least 4 members (excludes halogenated alkanes) is 3. The molecule has 11 nitrogen and oxygen atoms in total. The zero-order valence-corrected chi connectivity index (χ0v) is 18.7. The summed E-state index contributed by atoms with van der Waals surface area (Å²) in [5.41, 5.74) is 5.38. The molecule has 1 saturated heterocycles. The van der Waals surface area contributed by atoms with Gasteiger partial charge in [0.05, 0.1) is 18.2 Å². The van der Waals surface area contributed by atoms with Crippen molar-refractivity contribution in [2.45, 2.75) is 67.5 Å². The lowest BCUT2D eigenvalue weighted by Gasteiger charge is -2.46. The molecule has 1 heterocycles. The summed E-state index contributed by atoms with van der Waals surface area (Å²) in [6.07, 6.45) is 1.87. The second kappa shape index (κ2) is 14.7. The first kappa shape index (κ1) is 28.6. The van der Waals surface area contributed by atoms with E-state index >= 15 is 0 Å². The summed E-state index contributed by atoms with van der Waals surface area (Å²) >= 11 is 0.970. The van der Waals surface area contributed by atoms with E-state index in [2.05, 4.69) is 11.2 Å². The van der Waals surface area contributed by atoms with Gasteiger partial charge < -0.3 is 46.1 Å². The summed E-state index contributed by atoms with van der Waals surface area (Å²) in [5.74, 6) is 0.584. The summed E-state index contributed by atoms with van der Waals surface area (Å²) in [6.45, 7) is -0.411. The number of nitrogens with one attached hydrogen (secondary N) is 1. The lowest BCUT2D eigenvalue weighted by molar-refractivity contribution is -0.202. The Kier molecular flexibility index (Phi) is 13.1. The van der Waals surface area contributed by atoms with Crippen LogP contribution in [0, 0.1) is 12.3 Å². The lowest BCUT2D eigenvalue weighted by atomic mass is 9.89. The van der Waals surface area contributed by atoms with Crippen LogP contribution in [0.25, 0.3) is 0 Å². The smallest absolute Gasteiger partial charge is 0.346 e. The molecule has 0 saturated carbocycles. The van der Waals surface area contributed by atoms with Gasteiger partial charge in [0.2, 0.25) is 10.8 Å². The molecule has 0 aliphatic carbocycles. The standard InChI is InChI=1S/C20H34N2O9S/c1-2-7-30-8-5-3-4-6-9-32-20(19(28)29)10-13(24)16(22-15(26)12-23)18(31-20)17(27)14(25)11-21/h1,13-14,16-18,23-25,27H,3-12,21H2,(H,22,26)(H,28,29)/t13-,14+,16+,17+,18+,20-/m0/s1. The molecule has 0 bridgehead atoms. The number of carbonyl (C=O) groups excluding carboxylic acids is 1. The van der Waals surface area contributed by atoms with Crippen molar-refractivity contribution in [1.82, 2.24) is 5.32 Å². The second-order valence-electron chi connectivity index (χ2n) is 7.48. The quantitative estimate of drug-likeness (QED) is 0.102. The molecule has 6 atom stereocenters. The Balaban J connectivity index is 2.80. The van der Waals surface area contributed by atoms with Gasteiger partial charge in [-0.25, -0.2) is 4.79 Å². The Labute approximate surface area is 191 Å². The molecular weight excluding hydrogens is 444 g/mol. The summed E-state index contributed by atoms with van der Waals surface area (Å²) in [5, 5.41) is 52.2. The van der Waals surface area contributed by atoms with E-state index in [0.29, 0.717) is 18.8 Å². The van der Waals surface area contributed by atoms with Crippen molar-refractivity contribution in [3.63, 3.8) is 0 Å². The van der Waals surface area contributed by atoms with Gasteiger partial charge in [-0.05, 0) is 18.6 Å². The first-order valence-electron chi connectivity index (χ1n) is 10.4. The average molecular weight is 479 g/mol. The first-order chi connectivity index (χ1) is 15.2. The Bertz CT molecular complexity index is 633. The van der Waals surface area contributed by atoms with Crippen molar-refractivity contribution in [3.8, 4) is 12.3 Å². The Morgan fingerprint density at radius 1 is 1.31 bits per heavy atom. The fraction of sp³-hybridized carbons (Fsp3) is 0.800. The van der Waals surface area contributed by atoms with E-state index in [0.717, 1.165) is 31.0 Å². The number of rotatable bonds is 15. The zero-order valence-electron chi connectivity index (χ0n) is 17.9. The van der Waals surface area contributed by atoms with Crippen molar-refractivity contribution < 1.29 is 44.6 Å². The monoisotopic (exact) mass is 478 g/mol. The van der Waals surface area contributed by atoms with Gasteiger partial charge in [-0.2, -0.15) is 0 Å². The molecule has 0 aromatic rings. The third kappa shape index (κ3) is 8.49. The number of aliphatic hydroxyl groups is 4. The van der Waals surface area contributed by atoms with Crippen LogP contribution in [-0.4, -0.2) is 105 Å². The van der Waals surface area contributed by atoms with E-state index in [1.54, 1.807) is 0 Å². The maximum atomic E-state index is 12.1. The number of aliphatic carboxylic acids is 1. The fourth-order valence-corrected chi connectivity index (χ4v) is 4.60. The number of terminal acetylenes is 1. The van der Waals surface area contributed by atoms with Crippen LogP contribution in [0.4, 0.5) is 0 Å². The number of carbonyl (C=O) groups is 2. The summed E-state index contributed by atoms with van der Waals surface area (Å²) in [4.78, 5) is 21.8. The minimum absolute atomic E-state index is 0.266. The molecule has 0 spiro atoms. The molecule has 184 valence electrons. The number of hydrogen-bond acceptors (Lipinski definition) is 10. The van der Waals surface area contributed by atoms with Crippen LogP contribution < -0.4 is 11.1 Å². The van der Waals surface area contributed by atoms with E-state index in [1.165, 1.54) is 0 Å². The van der Waals surface area contributed by atoms with Gasteiger partial charge in [0.25, 0.3) is 0 Å². The van der Waals surface area contributed by atoms with Gasteiger partial charge in [-0.15, -0.1) is 18.2 Å². The molecule has 8 N–H and O–H groups in total. The van der Waals surface area contributed by atoms with E-state index < -0.39 is 53.9 Å². The van der Waals surface area contributed by atoms with Crippen LogP contribution in [0.15, 0.2) is 0 Å². The number of carboxylic acid groups (broad SMARTS) is 1. The molecule has 1 amide bonds. The van der Waals surface area contributed by atoms with Crippen molar-refractivity contribution in [2.75, 3.05) is 32.1 Å². The predicted molar refractivity (Wildman–Crippen MR) is 117 cm³/mol. The molecule has 0 radical (unpaired) electrons. The first-order valence-corrected chi connectivity index (χ1v) is 11.4. The molecule has 0 unspecified atom stereocenters. The molecule has 0 aromatic carbocycles. The maximum absolute atomic E-state index is 12.1. The topological polar surface area (TPSA) is 192 Å². The number of hydrogen-bond donors (Lipinski definition) is 7. The number of thioether (sulfide) groups is 1. The zero-order chi connectivity index (χ0) is 24.1. The SMILES string of the molecule is C#CCOCCCCCCS[C@]1(C(=O)O)C[C@H](O)[C@@H](NC(=O)CO)[C@H]([C@H](O)[C@H](O)CN)O1. The van der Waals surface area contributed by atoms with Crippen LogP contribution in [0.2, 0.25) is 0 Å². The van der Waals surface area contributed by atoms with Crippen molar-refractivity contribution in [3.05, 3.63) is 0 Å². The molecule has 32 heavy (non-hydrogen) atoms. The number of amides is 1. The van der Waals surface area contributed by atoms with Gasteiger partial charge in [-0.3, -0.25) is 4.79 Å². The molecule has 1 fully saturated rings. The molecule has 1 aliphatic heterocycles. The van der Waals surface area contributed by atoms with E-state index in [9.17, 15) is 30.0 Å². The van der Waals surface area contributed by atoms with Gasteiger partial charge in [0, 0.05) is 19.6 Å². The molecule has 1 rings (SSSR count). The number of ether oxygens (including phenoxy) is 2. The summed E-state index contributed by atoms with van der Waals surface area (Å²) in [6, 6.07) is -1.25. The highest BCUT2D eigenvalue weighted by Gasteiger charge is 2.54. The second-order valence-corrected chi connectivity index (χ2v) is 8.83. The van der Waals surface area contributed by atoms with Crippen molar-refractivity contribution in [1.29, 1.82) is 0 Å². The van der Waals surface area contributed by atoms with Crippen LogP contribution in [0.5, 0.6) is 0 Å². The van der Waals surface area contributed by atoms with E-state index in [4.69, 9.17) is 26.7 Å². The highest BCUT2D eigenvalue weighted by molar-refractivity contribution is 8.01. The Morgan fingerprint density at radius 2 is 2.00 bits per heavy atom. The minimum atomic E-state index is -1.89. The lowest BCUT2D eigenvalue weighted by Crippen LogP contribution is -2.67. The summed E-state index contributed by atoms with van der Waals surface area (Å²) < 4.78 is 10.9. The molecule has 12 heteroatoms. The van der Waals surface area contributed by atoms with Crippen LogP contribution in [-0.2, 0) is 19.1 Å². The van der Waals surface area contributed by atoms with Gasteiger partial charge in [0.1, 0.15) is 25.4 Å². The molecular formula is C20H34N2O9S. The fourth-order valence-electron chi connectivity index (χ4n) is 3.33. The third-order valence-corrected chi connectivity index (χ3v) is 6.44. The minimum Gasteiger partial charge on any atom is -0.478 e. The predicted octanol–water partition coefficient (Wildman–Crippen LogP) is -1.98. The van der Waals surface area contributed by atoms with E-state index in [-0.39, 0.29) is 19.6 Å².